The minimum atomic E-state index is -0.722. The lowest BCUT2D eigenvalue weighted by Gasteiger charge is -2.45. The number of aliphatic carboxylic acids is 1. The molecule has 2 aliphatic rings. The van der Waals surface area contributed by atoms with Gasteiger partial charge < -0.3 is 10.0 Å². The van der Waals surface area contributed by atoms with Gasteiger partial charge in [0.05, 0.1) is 0 Å². The zero-order valence-electron chi connectivity index (χ0n) is 13.9. The van der Waals surface area contributed by atoms with Gasteiger partial charge in [-0.05, 0) is 59.4 Å². The largest absolute Gasteiger partial charge is 0.480 e. The number of nitrogens with one attached hydrogen (secondary N) is 1. The van der Waals surface area contributed by atoms with Crippen LogP contribution in [0.2, 0.25) is 0 Å². The van der Waals surface area contributed by atoms with E-state index in [0.29, 0.717) is 12.1 Å². The molecule has 2 N–H and O–H groups in total. The Hall–Kier alpha value is -0.610. The van der Waals surface area contributed by atoms with Crippen molar-refractivity contribution in [2.24, 2.45) is 0 Å². The van der Waals surface area contributed by atoms with E-state index in [1.807, 2.05) is 13.8 Å². The summed E-state index contributed by atoms with van der Waals surface area (Å²) in [6.07, 6.45) is 10.2. The third-order valence-electron chi connectivity index (χ3n) is 5.43. The summed E-state index contributed by atoms with van der Waals surface area (Å²) in [5.41, 5.74) is -0.722. The summed E-state index contributed by atoms with van der Waals surface area (Å²) < 4.78 is 0. The fourth-order valence-corrected chi connectivity index (χ4v) is 4.32. The van der Waals surface area contributed by atoms with Crippen LogP contribution in [-0.2, 0) is 4.79 Å². The van der Waals surface area contributed by atoms with Crippen LogP contribution in [0.5, 0.6) is 0 Å². The Balaban J connectivity index is 2.05. The first-order valence-electron chi connectivity index (χ1n) is 8.67. The van der Waals surface area contributed by atoms with E-state index < -0.39 is 11.5 Å². The Morgan fingerprint density at radius 2 is 1.76 bits per heavy atom. The number of carbonyl (C=O) groups is 1. The van der Waals surface area contributed by atoms with Crippen molar-refractivity contribution < 1.29 is 9.90 Å². The van der Waals surface area contributed by atoms with Gasteiger partial charge in [0.15, 0.2) is 0 Å². The van der Waals surface area contributed by atoms with E-state index in [9.17, 15) is 9.90 Å². The second-order valence-corrected chi connectivity index (χ2v) is 7.39. The van der Waals surface area contributed by atoms with Crippen LogP contribution in [0.1, 0.15) is 71.6 Å². The molecule has 0 bridgehead atoms. The van der Waals surface area contributed by atoms with Gasteiger partial charge in [-0.25, -0.2) is 0 Å². The molecule has 2 rings (SSSR count). The van der Waals surface area contributed by atoms with Gasteiger partial charge in [0.25, 0.3) is 0 Å². The predicted octanol–water partition coefficient (Wildman–Crippen LogP) is 3.01. The highest BCUT2D eigenvalue weighted by atomic mass is 16.4. The van der Waals surface area contributed by atoms with Crippen molar-refractivity contribution in [3.63, 3.8) is 0 Å². The lowest BCUT2D eigenvalue weighted by molar-refractivity contribution is -0.148. The van der Waals surface area contributed by atoms with Crippen molar-refractivity contribution in [3.8, 4) is 0 Å². The van der Waals surface area contributed by atoms with Crippen molar-refractivity contribution in [1.82, 2.24) is 10.2 Å². The first-order valence-corrected chi connectivity index (χ1v) is 8.67. The number of nitrogens with zero attached hydrogens (tertiary/aromatic N) is 1. The molecule has 4 heteroatoms. The Morgan fingerprint density at radius 3 is 2.33 bits per heavy atom. The SMILES string of the molecule is CC(C)NC1(C(=O)O)CCCC(N(C)C2CCCCC2)C1. The van der Waals surface area contributed by atoms with Crippen LogP contribution in [0.4, 0.5) is 0 Å². The fourth-order valence-electron chi connectivity index (χ4n) is 4.32. The zero-order valence-corrected chi connectivity index (χ0v) is 13.9. The van der Waals surface area contributed by atoms with Crippen molar-refractivity contribution in [1.29, 1.82) is 0 Å². The summed E-state index contributed by atoms with van der Waals surface area (Å²) >= 11 is 0. The quantitative estimate of drug-likeness (QED) is 0.819. The molecule has 0 aliphatic heterocycles. The third-order valence-corrected chi connectivity index (χ3v) is 5.43. The van der Waals surface area contributed by atoms with Gasteiger partial charge in [0.2, 0.25) is 0 Å². The molecule has 0 amide bonds. The van der Waals surface area contributed by atoms with Crippen LogP contribution < -0.4 is 5.32 Å². The van der Waals surface area contributed by atoms with Gasteiger partial charge in [-0.15, -0.1) is 0 Å². The molecule has 2 aliphatic carbocycles. The van der Waals surface area contributed by atoms with Gasteiger partial charge in [-0.2, -0.15) is 0 Å². The van der Waals surface area contributed by atoms with Crippen LogP contribution >= 0.6 is 0 Å². The van der Waals surface area contributed by atoms with Crippen molar-refractivity contribution in [3.05, 3.63) is 0 Å². The average Bonchev–Trinajstić information content (AvgIpc) is 2.47. The smallest absolute Gasteiger partial charge is 0.323 e. The van der Waals surface area contributed by atoms with Crippen molar-refractivity contribution >= 4 is 5.97 Å². The Labute approximate surface area is 129 Å². The molecule has 0 radical (unpaired) electrons. The lowest BCUT2D eigenvalue weighted by atomic mass is 9.77. The van der Waals surface area contributed by atoms with E-state index in [0.717, 1.165) is 25.7 Å². The maximum atomic E-state index is 11.9. The number of rotatable bonds is 5. The van der Waals surface area contributed by atoms with E-state index in [-0.39, 0.29) is 6.04 Å². The molecule has 2 fully saturated rings. The summed E-state index contributed by atoms with van der Waals surface area (Å²) in [7, 11) is 2.22. The Bertz CT molecular complexity index is 353. The second-order valence-electron chi connectivity index (χ2n) is 7.39. The number of carboxylic acids is 1. The summed E-state index contributed by atoms with van der Waals surface area (Å²) in [4.78, 5) is 14.4. The normalized spacial score (nSPS) is 31.8. The molecule has 21 heavy (non-hydrogen) atoms. The Kier molecular flexibility index (Phi) is 5.67. The van der Waals surface area contributed by atoms with Crippen LogP contribution in [0.15, 0.2) is 0 Å². The van der Waals surface area contributed by atoms with Gasteiger partial charge in [0.1, 0.15) is 5.54 Å². The molecule has 4 nitrogen and oxygen atoms in total. The maximum absolute atomic E-state index is 11.9. The highest BCUT2D eigenvalue weighted by Gasteiger charge is 2.44. The monoisotopic (exact) mass is 296 g/mol. The van der Waals surface area contributed by atoms with E-state index in [4.69, 9.17) is 0 Å². The number of hydrogen-bond donors (Lipinski definition) is 2. The van der Waals surface area contributed by atoms with Crippen molar-refractivity contribution in [2.75, 3.05) is 7.05 Å². The highest BCUT2D eigenvalue weighted by molar-refractivity contribution is 5.79. The summed E-state index contributed by atoms with van der Waals surface area (Å²) in [5.74, 6) is -0.669. The molecule has 2 saturated carbocycles. The van der Waals surface area contributed by atoms with E-state index in [1.54, 1.807) is 0 Å². The highest BCUT2D eigenvalue weighted by Crippen LogP contribution is 2.34. The lowest BCUT2D eigenvalue weighted by Crippen LogP contribution is -2.60. The minimum absolute atomic E-state index is 0.208. The van der Waals surface area contributed by atoms with Gasteiger partial charge in [-0.1, -0.05) is 19.3 Å². The van der Waals surface area contributed by atoms with Crippen LogP contribution in [0.3, 0.4) is 0 Å². The van der Waals surface area contributed by atoms with Gasteiger partial charge in [0, 0.05) is 18.1 Å². The van der Waals surface area contributed by atoms with E-state index in [1.165, 1.54) is 32.1 Å². The molecule has 2 unspecified atom stereocenters. The molecule has 122 valence electrons. The molecule has 0 aromatic rings. The molecule has 2 atom stereocenters. The first kappa shape index (κ1) is 16.8. The summed E-state index contributed by atoms with van der Waals surface area (Å²) in [6, 6.07) is 1.27. The van der Waals surface area contributed by atoms with Crippen molar-refractivity contribution in [2.45, 2.75) is 95.3 Å². The topological polar surface area (TPSA) is 52.6 Å². The van der Waals surface area contributed by atoms with Gasteiger partial charge in [-0.3, -0.25) is 10.1 Å². The molecular formula is C17H32N2O2. The molecule has 0 heterocycles. The molecule has 0 aromatic carbocycles. The third kappa shape index (κ3) is 3.98. The second kappa shape index (κ2) is 7.10. The van der Waals surface area contributed by atoms with E-state index >= 15 is 0 Å². The van der Waals surface area contributed by atoms with Gasteiger partial charge >= 0.3 is 5.97 Å². The molecule has 0 aromatic heterocycles. The number of carboxylic acid groups (broad SMARTS) is 1. The van der Waals surface area contributed by atoms with Crippen LogP contribution in [0, 0.1) is 0 Å². The Morgan fingerprint density at radius 1 is 1.14 bits per heavy atom. The maximum Gasteiger partial charge on any atom is 0.323 e. The molecule has 0 saturated heterocycles. The van der Waals surface area contributed by atoms with Crippen LogP contribution in [-0.4, -0.2) is 46.7 Å². The van der Waals surface area contributed by atoms with Crippen LogP contribution in [0.25, 0.3) is 0 Å². The standard InChI is InChI=1S/C17H32N2O2/c1-13(2)18-17(16(20)21)11-7-10-15(12-17)19(3)14-8-5-4-6-9-14/h13-15,18H,4-12H2,1-3H3,(H,20,21). The molecular weight excluding hydrogens is 264 g/mol. The minimum Gasteiger partial charge on any atom is -0.480 e. The predicted molar refractivity (Wildman–Crippen MR) is 85.5 cm³/mol. The molecule has 0 spiro atoms. The zero-order chi connectivity index (χ0) is 15.5. The summed E-state index contributed by atoms with van der Waals surface area (Å²) in [6.45, 7) is 4.08. The average molecular weight is 296 g/mol. The van der Waals surface area contributed by atoms with E-state index in [2.05, 4.69) is 17.3 Å². The fraction of sp³-hybridized carbons (Fsp3) is 0.941. The summed E-state index contributed by atoms with van der Waals surface area (Å²) in [5, 5.41) is 13.1. The number of hydrogen-bond acceptors (Lipinski definition) is 3. The first-order chi connectivity index (χ1) is 9.94.